The van der Waals surface area contributed by atoms with E-state index in [9.17, 15) is 9.59 Å². The monoisotopic (exact) mass is 380 g/mol. The van der Waals surface area contributed by atoms with Crippen LogP contribution in [0.1, 0.15) is 17.3 Å². The Morgan fingerprint density at radius 3 is 2.18 bits per heavy atom. The van der Waals surface area contributed by atoms with Crippen LogP contribution in [0, 0.1) is 0 Å². The van der Waals surface area contributed by atoms with Gasteiger partial charge in [-0.05, 0) is 24.3 Å². The topological polar surface area (TPSA) is 94.5 Å². The molecule has 0 atom stereocenters. The lowest BCUT2D eigenvalue weighted by atomic mass is 10.2. The van der Waals surface area contributed by atoms with Crippen molar-refractivity contribution in [2.75, 3.05) is 24.9 Å². The minimum absolute atomic E-state index is 0.188. The lowest BCUT2D eigenvalue weighted by Gasteiger charge is -2.10. The van der Waals surface area contributed by atoms with Crippen LogP contribution in [0.15, 0.2) is 55.0 Å². The Kier molecular flexibility index (Phi) is 5.59. The third kappa shape index (κ3) is 4.47. The number of nitrogens with zero attached hydrogens (tertiary/aromatic N) is 2. The number of methoxy groups -OCH3 is 2. The van der Waals surface area contributed by atoms with Gasteiger partial charge in [0, 0.05) is 42.1 Å². The van der Waals surface area contributed by atoms with Gasteiger partial charge in [0.25, 0.3) is 5.91 Å². The Bertz CT molecular complexity index is 973. The zero-order chi connectivity index (χ0) is 20.1. The van der Waals surface area contributed by atoms with Crippen molar-refractivity contribution in [3.63, 3.8) is 0 Å². The highest BCUT2D eigenvalue weighted by atomic mass is 16.5. The van der Waals surface area contributed by atoms with Crippen molar-refractivity contribution in [1.29, 1.82) is 0 Å². The van der Waals surface area contributed by atoms with Gasteiger partial charge in [0.15, 0.2) is 5.82 Å². The summed E-state index contributed by atoms with van der Waals surface area (Å²) < 4.78 is 12.2. The molecule has 0 aliphatic heterocycles. The maximum atomic E-state index is 12.5. The number of imidazole rings is 1. The summed E-state index contributed by atoms with van der Waals surface area (Å²) >= 11 is 0. The number of hydrogen-bond donors (Lipinski definition) is 2. The molecule has 0 aliphatic carbocycles. The van der Waals surface area contributed by atoms with Crippen LogP contribution < -0.4 is 20.1 Å². The number of nitrogens with one attached hydrogen (secondary N) is 2. The highest BCUT2D eigenvalue weighted by Crippen LogP contribution is 2.26. The molecular formula is C20H20N4O4. The fraction of sp³-hybridized carbons (Fsp3) is 0.150. The molecule has 0 fully saturated rings. The van der Waals surface area contributed by atoms with E-state index in [0.717, 1.165) is 5.69 Å². The molecule has 2 amide bonds. The minimum atomic E-state index is -0.258. The van der Waals surface area contributed by atoms with Crippen molar-refractivity contribution in [2.24, 2.45) is 0 Å². The summed E-state index contributed by atoms with van der Waals surface area (Å²) in [5.41, 5.74) is 1.87. The van der Waals surface area contributed by atoms with Crippen molar-refractivity contribution >= 4 is 23.3 Å². The molecule has 8 nitrogen and oxygen atoms in total. The van der Waals surface area contributed by atoms with E-state index >= 15 is 0 Å². The van der Waals surface area contributed by atoms with Gasteiger partial charge in [-0.15, -0.1) is 0 Å². The van der Waals surface area contributed by atoms with Gasteiger partial charge in [-0.3, -0.25) is 9.59 Å². The molecule has 0 spiro atoms. The van der Waals surface area contributed by atoms with Gasteiger partial charge < -0.3 is 24.7 Å². The molecule has 0 radical (unpaired) electrons. The van der Waals surface area contributed by atoms with Crippen LogP contribution in [0.2, 0.25) is 0 Å². The smallest absolute Gasteiger partial charge is 0.255 e. The summed E-state index contributed by atoms with van der Waals surface area (Å²) in [5, 5.41) is 5.44. The predicted molar refractivity (Wildman–Crippen MR) is 105 cm³/mol. The van der Waals surface area contributed by atoms with E-state index in [0.29, 0.717) is 28.6 Å². The fourth-order valence-corrected chi connectivity index (χ4v) is 2.58. The van der Waals surface area contributed by atoms with Crippen LogP contribution in [0.3, 0.4) is 0 Å². The van der Waals surface area contributed by atoms with E-state index in [2.05, 4.69) is 15.6 Å². The third-order valence-corrected chi connectivity index (χ3v) is 3.92. The molecule has 0 saturated heterocycles. The molecule has 28 heavy (non-hydrogen) atoms. The number of amides is 2. The molecule has 0 aliphatic rings. The van der Waals surface area contributed by atoms with Gasteiger partial charge in [0.1, 0.15) is 17.8 Å². The molecule has 1 heterocycles. The second kappa shape index (κ2) is 8.26. The van der Waals surface area contributed by atoms with Gasteiger partial charge in [-0.25, -0.2) is 4.98 Å². The average Bonchev–Trinajstić information content (AvgIpc) is 3.15. The Morgan fingerprint density at radius 2 is 1.61 bits per heavy atom. The van der Waals surface area contributed by atoms with E-state index in [-0.39, 0.29) is 11.8 Å². The van der Waals surface area contributed by atoms with E-state index in [1.807, 2.05) is 0 Å². The predicted octanol–water partition coefficient (Wildman–Crippen LogP) is 3.10. The molecule has 2 aromatic carbocycles. The molecule has 2 N–H and O–H groups in total. The van der Waals surface area contributed by atoms with Crippen molar-refractivity contribution < 1.29 is 19.1 Å². The van der Waals surface area contributed by atoms with Gasteiger partial charge in [0.2, 0.25) is 5.91 Å². The standard InChI is InChI=1S/C20H20N4O4/c1-13(25)22-19-11-24(12-21-19)16-6-4-14(5-7-16)20(26)23-15-8-17(27-2)10-18(9-15)28-3/h4-12H,1-3H3,(H,22,25)(H,23,26). The highest BCUT2D eigenvalue weighted by molar-refractivity contribution is 6.04. The molecule has 144 valence electrons. The maximum absolute atomic E-state index is 12.5. The SMILES string of the molecule is COc1cc(NC(=O)c2ccc(-n3cnc(NC(C)=O)c3)cc2)cc(OC)c1. The molecule has 1 aromatic heterocycles. The van der Waals surface area contributed by atoms with Crippen LogP contribution in [0.5, 0.6) is 11.5 Å². The number of carbonyl (C=O) groups is 2. The summed E-state index contributed by atoms with van der Waals surface area (Å²) in [6, 6.07) is 12.2. The fourth-order valence-electron chi connectivity index (χ4n) is 2.58. The number of benzene rings is 2. The van der Waals surface area contributed by atoms with Crippen LogP contribution in [0.4, 0.5) is 11.5 Å². The third-order valence-electron chi connectivity index (χ3n) is 3.92. The molecule has 3 rings (SSSR count). The Labute approximate surface area is 162 Å². The summed E-state index contributed by atoms with van der Waals surface area (Å²) in [7, 11) is 3.10. The maximum Gasteiger partial charge on any atom is 0.255 e. The van der Waals surface area contributed by atoms with Crippen LogP contribution in [0.25, 0.3) is 5.69 Å². The van der Waals surface area contributed by atoms with E-state index in [4.69, 9.17) is 9.47 Å². The van der Waals surface area contributed by atoms with E-state index < -0.39 is 0 Å². The molecule has 3 aromatic rings. The van der Waals surface area contributed by atoms with Crippen molar-refractivity contribution in [1.82, 2.24) is 9.55 Å². The van der Waals surface area contributed by atoms with Crippen molar-refractivity contribution in [2.45, 2.75) is 6.92 Å². The Balaban J connectivity index is 1.73. The number of carbonyl (C=O) groups excluding carboxylic acids is 2. The summed E-state index contributed by atoms with van der Waals surface area (Å²) in [4.78, 5) is 27.7. The first-order valence-electron chi connectivity index (χ1n) is 8.45. The number of anilines is 2. The number of hydrogen-bond acceptors (Lipinski definition) is 5. The first-order chi connectivity index (χ1) is 13.5. The molecule has 0 unspecified atom stereocenters. The average molecular weight is 380 g/mol. The minimum Gasteiger partial charge on any atom is -0.497 e. The largest absolute Gasteiger partial charge is 0.497 e. The molecule has 0 bridgehead atoms. The summed E-state index contributed by atoms with van der Waals surface area (Å²) in [6.07, 6.45) is 3.28. The van der Waals surface area contributed by atoms with Crippen LogP contribution >= 0.6 is 0 Å². The van der Waals surface area contributed by atoms with Crippen LogP contribution in [-0.4, -0.2) is 35.6 Å². The normalized spacial score (nSPS) is 10.2. The molecule has 0 saturated carbocycles. The Morgan fingerprint density at radius 1 is 0.964 bits per heavy atom. The van der Waals surface area contributed by atoms with Crippen molar-refractivity contribution in [3.05, 3.63) is 60.6 Å². The van der Waals surface area contributed by atoms with Gasteiger partial charge in [-0.1, -0.05) is 0 Å². The van der Waals surface area contributed by atoms with Gasteiger partial charge in [-0.2, -0.15) is 0 Å². The lowest BCUT2D eigenvalue weighted by Crippen LogP contribution is -2.12. The highest BCUT2D eigenvalue weighted by Gasteiger charge is 2.09. The lowest BCUT2D eigenvalue weighted by molar-refractivity contribution is -0.114. The second-order valence-corrected chi connectivity index (χ2v) is 5.95. The first-order valence-corrected chi connectivity index (χ1v) is 8.45. The van der Waals surface area contributed by atoms with Crippen LogP contribution in [-0.2, 0) is 4.79 Å². The van der Waals surface area contributed by atoms with E-state index in [1.54, 1.807) is 73.8 Å². The number of aromatic nitrogens is 2. The van der Waals surface area contributed by atoms with Gasteiger partial charge >= 0.3 is 0 Å². The zero-order valence-electron chi connectivity index (χ0n) is 15.7. The second-order valence-electron chi connectivity index (χ2n) is 5.95. The molecule has 8 heteroatoms. The number of rotatable bonds is 6. The first kappa shape index (κ1) is 19.0. The van der Waals surface area contributed by atoms with E-state index in [1.165, 1.54) is 6.92 Å². The van der Waals surface area contributed by atoms with Crippen molar-refractivity contribution in [3.8, 4) is 17.2 Å². The molecular weight excluding hydrogens is 360 g/mol. The number of ether oxygens (including phenoxy) is 2. The quantitative estimate of drug-likeness (QED) is 0.685. The summed E-state index contributed by atoms with van der Waals surface area (Å²) in [5.74, 6) is 1.18. The van der Waals surface area contributed by atoms with Gasteiger partial charge in [0.05, 0.1) is 20.4 Å². The Hall–Kier alpha value is -3.81. The summed E-state index contributed by atoms with van der Waals surface area (Å²) in [6.45, 7) is 1.42. The zero-order valence-corrected chi connectivity index (χ0v) is 15.7.